The van der Waals surface area contributed by atoms with E-state index >= 15 is 0 Å². The zero-order chi connectivity index (χ0) is 6.69. The zero-order valence-electron chi connectivity index (χ0n) is 5.13. The van der Waals surface area contributed by atoms with Gasteiger partial charge in [-0.1, -0.05) is 0 Å². The molecule has 52 valence electrons. The Bertz CT molecular complexity index is 110. The number of nitrogens with zero attached hydrogens (tertiary/aromatic N) is 1. The third-order valence-electron chi connectivity index (χ3n) is 1.35. The molecule has 0 aromatic carbocycles. The van der Waals surface area contributed by atoms with Crippen molar-refractivity contribution in [3.05, 3.63) is 0 Å². The molecular weight excluding hydrogens is 120 g/mol. The summed E-state index contributed by atoms with van der Waals surface area (Å²) in [7, 11) is 0. The molecule has 1 amide bonds. The highest BCUT2D eigenvalue weighted by Crippen LogP contribution is 1.94. The first-order valence-corrected chi connectivity index (χ1v) is 2.99. The van der Waals surface area contributed by atoms with Gasteiger partial charge in [0.15, 0.2) is 0 Å². The van der Waals surface area contributed by atoms with E-state index in [1.807, 2.05) is 0 Å². The van der Waals surface area contributed by atoms with E-state index in [9.17, 15) is 4.79 Å². The second kappa shape index (κ2) is 2.68. The number of hydrogen-bond donors (Lipinski definition) is 2. The van der Waals surface area contributed by atoms with Gasteiger partial charge in [0.2, 0.25) is 0 Å². The molecule has 0 atom stereocenters. The van der Waals surface area contributed by atoms with Gasteiger partial charge in [-0.3, -0.25) is 10.2 Å². The van der Waals surface area contributed by atoms with Gasteiger partial charge >= 0.3 is 6.09 Å². The third-order valence-corrected chi connectivity index (χ3v) is 1.35. The van der Waals surface area contributed by atoms with E-state index in [1.165, 1.54) is 4.90 Å². The third kappa shape index (κ3) is 1.57. The van der Waals surface area contributed by atoms with Gasteiger partial charge in [-0.25, -0.2) is 4.79 Å². The predicted molar refractivity (Wildman–Crippen MR) is 32.2 cm³/mol. The van der Waals surface area contributed by atoms with Crippen LogP contribution >= 0.6 is 0 Å². The average molecular weight is 130 g/mol. The zero-order valence-corrected chi connectivity index (χ0v) is 5.13. The number of rotatable bonds is 0. The molecular formula is C5H10N2O2. The number of carboxylic acid groups (broad SMARTS) is 1. The number of amides is 1. The van der Waals surface area contributed by atoms with Gasteiger partial charge in [-0.2, -0.15) is 0 Å². The Morgan fingerprint density at radius 1 is 1.67 bits per heavy atom. The number of carbonyl (C=O) groups is 1. The van der Waals surface area contributed by atoms with E-state index in [0.29, 0.717) is 13.2 Å². The first kappa shape index (κ1) is 6.35. The largest absolute Gasteiger partial charge is 0.465 e. The maximum atomic E-state index is 10.2. The lowest BCUT2D eigenvalue weighted by Crippen LogP contribution is -2.44. The predicted octanol–water partition coefficient (Wildman–Crippen LogP) is -0.0828. The van der Waals surface area contributed by atoms with Gasteiger partial charge in [0.05, 0.1) is 6.67 Å². The van der Waals surface area contributed by atoms with Crippen LogP contribution in [0.15, 0.2) is 0 Å². The summed E-state index contributed by atoms with van der Waals surface area (Å²) in [6.45, 7) is 2.08. The fourth-order valence-corrected chi connectivity index (χ4v) is 0.851. The lowest BCUT2D eigenvalue weighted by atomic mass is 10.3. The summed E-state index contributed by atoms with van der Waals surface area (Å²) in [4.78, 5) is 11.6. The van der Waals surface area contributed by atoms with Gasteiger partial charge in [-0.15, -0.1) is 0 Å². The van der Waals surface area contributed by atoms with Gasteiger partial charge in [-0.05, 0) is 13.0 Å². The van der Waals surface area contributed by atoms with Crippen LogP contribution in [0, 0.1) is 0 Å². The maximum absolute atomic E-state index is 10.2. The molecule has 4 nitrogen and oxygen atoms in total. The summed E-state index contributed by atoms with van der Waals surface area (Å²) in [6, 6.07) is 0. The minimum Gasteiger partial charge on any atom is -0.465 e. The van der Waals surface area contributed by atoms with Crippen LogP contribution in [-0.2, 0) is 0 Å². The smallest absolute Gasteiger partial charge is 0.408 e. The van der Waals surface area contributed by atoms with E-state index < -0.39 is 6.09 Å². The molecule has 1 aliphatic rings. The van der Waals surface area contributed by atoms with Crippen molar-refractivity contribution in [3.8, 4) is 0 Å². The first-order chi connectivity index (χ1) is 4.30. The summed E-state index contributed by atoms with van der Waals surface area (Å²) >= 11 is 0. The molecule has 0 bridgehead atoms. The normalized spacial score (nSPS) is 19.8. The van der Waals surface area contributed by atoms with Crippen LogP contribution < -0.4 is 5.32 Å². The molecule has 1 aliphatic heterocycles. The Labute approximate surface area is 53.5 Å². The van der Waals surface area contributed by atoms with E-state index in [2.05, 4.69) is 5.32 Å². The molecule has 0 unspecified atom stereocenters. The SMILES string of the molecule is O=C(O)N1CCCNC1. The molecule has 2 N–H and O–H groups in total. The molecule has 0 aliphatic carbocycles. The van der Waals surface area contributed by atoms with E-state index in [-0.39, 0.29) is 0 Å². The highest BCUT2D eigenvalue weighted by molar-refractivity contribution is 5.64. The molecule has 0 spiro atoms. The van der Waals surface area contributed by atoms with Gasteiger partial charge < -0.3 is 5.11 Å². The Kier molecular flexibility index (Phi) is 1.89. The van der Waals surface area contributed by atoms with Crippen molar-refractivity contribution in [1.82, 2.24) is 10.2 Å². The Morgan fingerprint density at radius 3 is 2.78 bits per heavy atom. The number of nitrogens with one attached hydrogen (secondary N) is 1. The molecule has 1 rings (SSSR count). The highest BCUT2D eigenvalue weighted by atomic mass is 16.4. The Morgan fingerprint density at radius 2 is 2.44 bits per heavy atom. The van der Waals surface area contributed by atoms with Crippen LogP contribution in [0.5, 0.6) is 0 Å². The molecule has 1 heterocycles. The van der Waals surface area contributed by atoms with E-state index in [0.717, 1.165) is 13.0 Å². The second-order valence-electron chi connectivity index (χ2n) is 2.06. The molecule has 0 saturated carbocycles. The molecule has 0 radical (unpaired) electrons. The standard InChI is InChI=1S/C5H10N2O2/c8-5(9)7-3-1-2-6-4-7/h6H,1-4H2,(H,8,9). The van der Waals surface area contributed by atoms with Crippen LogP contribution in [0.2, 0.25) is 0 Å². The lowest BCUT2D eigenvalue weighted by molar-refractivity contribution is 0.132. The molecule has 0 aromatic rings. The van der Waals surface area contributed by atoms with Crippen molar-refractivity contribution in [2.75, 3.05) is 19.8 Å². The van der Waals surface area contributed by atoms with Crippen LogP contribution in [0.25, 0.3) is 0 Å². The lowest BCUT2D eigenvalue weighted by Gasteiger charge is -2.24. The minimum absolute atomic E-state index is 0.481. The summed E-state index contributed by atoms with van der Waals surface area (Å²) in [5.41, 5.74) is 0. The van der Waals surface area contributed by atoms with Crippen LogP contribution in [-0.4, -0.2) is 35.9 Å². The Hall–Kier alpha value is -0.770. The van der Waals surface area contributed by atoms with E-state index in [4.69, 9.17) is 5.11 Å². The van der Waals surface area contributed by atoms with Crippen molar-refractivity contribution in [3.63, 3.8) is 0 Å². The summed E-state index contributed by atoms with van der Waals surface area (Å²) in [5, 5.41) is 11.4. The summed E-state index contributed by atoms with van der Waals surface area (Å²) < 4.78 is 0. The second-order valence-corrected chi connectivity index (χ2v) is 2.06. The van der Waals surface area contributed by atoms with Crippen LogP contribution in [0.1, 0.15) is 6.42 Å². The van der Waals surface area contributed by atoms with Gasteiger partial charge in [0.25, 0.3) is 0 Å². The molecule has 9 heavy (non-hydrogen) atoms. The van der Waals surface area contributed by atoms with Crippen LogP contribution in [0.3, 0.4) is 0 Å². The van der Waals surface area contributed by atoms with Crippen molar-refractivity contribution in [1.29, 1.82) is 0 Å². The summed E-state index contributed by atoms with van der Waals surface area (Å²) in [5.74, 6) is 0. The van der Waals surface area contributed by atoms with Crippen LogP contribution in [0.4, 0.5) is 4.79 Å². The van der Waals surface area contributed by atoms with Crippen molar-refractivity contribution >= 4 is 6.09 Å². The summed E-state index contributed by atoms with van der Waals surface area (Å²) in [6.07, 6.45) is 0.0916. The fourth-order valence-electron chi connectivity index (χ4n) is 0.851. The fraction of sp³-hybridized carbons (Fsp3) is 0.800. The van der Waals surface area contributed by atoms with Crippen molar-refractivity contribution < 1.29 is 9.90 Å². The first-order valence-electron chi connectivity index (χ1n) is 2.99. The van der Waals surface area contributed by atoms with Gasteiger partial charge in [0.1, 0.15) is 0 Å². The maximum Gasteiger partial charge on any atom is 0.408 e. The highest BCUT2D eigenvalue weighted by Gasteiger charge is 2.13. The Balaban J connectivity index is 2.31. The van der Waals surface area contributed by atoms with Crippen molar-refractivity contribution in [2.24, 2.45) is 0 Å². The van der Waals surface area contributed by atoms with Crippen molar-refractivity contribution in [2.45, 2.75) is 6.42 Å². The quantitative estimate of drug-likeness (QED) is 0.482. The monoisotopic (exact) mass is 130 g/mol. The molecule has 0 aromatic heterocycles. The molecule has 1 saturated heterocycles. The topological polar surface area (TPSA) is 52.6 Å². The minimum atomic E-state index is -0.831. The average Bonchev–Trinajstić information content (AvgIpc) is 1.90. The van der Waals surface area contributed by atoms with E-state index in [1.54, 1.807) is 0 Å². The van der Waals surface area contributed by atoms with Gasteiger partial charge in [0, 0.05) is 6.54 Å². The molecule has 1 fully saturated rings. The number of hydrogen-bond acceptors (Lipinski definition) is 2. The molecule has 4 heteroatoms.